The minimum Gasteiger partial charge on any atom is -0.371 e. The highest BCUT2D eigenvalue weighted by Gasteiger charge is 2.20. The van der Waals surface area contributed by atoms with Gasteiger partial charge < -0.3 is 10.3 Å². The molecule has 1 aliphatic heterocycles. The molecule has 1 aromatic heterocycles. The molecular formula is C14H19N5. The van der Waals surface area contributed by atoms with Crippen molar-refractivity contribution in [2.75, 3.05) is 23.4 Å². The summed E-state index contributed by atoms with van der Waals surface area (Å²) < 4.78 is 2.08. The van der Waals surface area contributed by atoms with Crippen molar-refractivity contribution < 1.29 is 0 Å². The zero-order chi connectivity index (χ0) is 13.1. The van der Waals surface area contributed by atoms with Gasteiger partial charge in [-0.25, -0.2) is 0 Å². The molecule has 0 atom stereocenters. The van der Waals surface area contributed by atoms with Crippen molar-refractivity contribution in [3.63, 3.8) is 0 Å². The number of hydrogen-bond donors (Lipinski definition) is 2. The number of hydrazine groups is 1. The summed E-state index contributed by atoms with van der Waals surface area (Å²) in [6, 6.07) is 10.8. The molecule has 1 aliphatic rings. The number of aromatic nitrogens is 2. The smallest absolute Gasteiger partial charge is 0.0552 e. The predicted octanol–water partition coefficient (Wildman–Crippen LogP) is 2.01. The van der Waals surface area contributed by atoms with E-state index in [9.17, 15) is 0 Å². The zero-order valence-electron chi connectivity index (χ0n) is 10.9. The average molecular weight is 257 g/mol. The van der Waals surface area contributed by atoms with E-state index in [0.717, 1.165) is 31.6 Å². The number of hydrogen-bond acceptors (Lipinski definition) is 4. The summed E-state index contributed by atoms with van der Waals surface area (Å²) in [7, 11) is 0. The topological polar surface area (TPSA) is 59.1 Å². The van der Waals surface area contributed by atoms with Crippen molar-refractivity contribution in [1.29, 1.82) is 0 Å². The van der Waals surface area contributed by atoms with Gasteiger partial charge in [-0.1, -0.05) is 0 Å². The Morgan fingerprint density at radius 3 is 2.47 bits per heavy atom. The summed E-state index contributed by atoms with van der Waals surface area (Å²) in [5.74, 6) is 5.38. The van der Waals surface area contributed by atoms with Crippen LogP contribution >= 0.6 is 0 Å². The third kappa shape index (κ3) is 2.56. The van der Waals surface area contributed by atoms with Gasteiger partial charge >= 0.3 is 0 Å². The molecule has 0 aliphatic carbocycles. The molecule has 0 bridgehead atoms. The molecule has 2 aromatic rings. The molecule has 19 heavy (non-hydrogen) atoms. The molecule has 1 fully saturated rings. The number of anilines is 2. The first-order valence-corrected chi connectivity index (χ1v) is 6.67. The molecule has 3 rings (SSSR count). The van der Waals surface area contributed by atoms with Gasteiger partial charge in [0.2, 0.25) is 0 Å². The highest BCUT2D eigenvalue weighted by molar-refractivity contribution is 5.54. The van der Waals surface area contributed by atoms with E-state index in [1.54, 1.807) is 0 Å². The first kappa shape index (κ1) is 12.0. The molecule has 5 heteroatoms. The molecule has 0 radical (unpaired) electrons. The van der Waals surface area contributed by atoms with Crippen LogP contribution < -0.4 is 16.2 Å². The van der Waals surface area contributed by atoms with Gasteiger partial charge in [0.1, 0.15) is 0 Å². The molecule has 0 spiro atoms. The van der Waals surface area contributed by atoms with Gasteiger partial charge in [-0.05, 0) is 43.2 Å². The number of benzene rings is 1. The second-order valence-electron chi connectivity index (χ2n) is 4.90. The highest BCUT2D eigenvalue weighted by atomic mass is 15.3. The lowest BCUT2D eigenvalue weighted by molar-refractivity contribution is 0.367. The third-order valence-electron chi connectivity index (χ3n) is 3.76. The Kier molecular flexibility index (Phi) is 3.37. The number of rotatable bonds is 3. The van der Waals surface area contributed by atoms with E-state index >= 15 is 0 Å². The fourth-order valence-corrected chi connectivity index (χ4v) is 2.65. The van der Waals surface area contributed by atoms with Gasteiger partial charge in [0, 0.05) is 36.9 Å². The summed E-state index contributed by atoms with van der Waals surface area (Å²) in [6.45, 7) is 2.14. The van der Waals surface area contributed by atoms with Crippen molar-refractivity contribution in [2.45, 2.75) is 18.9 Å². The Balaban J connectivity index is 1.63. The van der Waals surface area contributed by atoms with Crippen LogP contribution in [0, 0.1) is 0 Å². The molecule has 0 unspecified atom stereocenters. The quantitative estimate of drug-likeness (QED) is 0.652. The predicted molar refractivity (Wildman–Crippen MR) is 77.0 cm³/mol. The third-order valence-corrected chi connectivity index (χ3v) is 3.76. The lowest BCUT2D eigenvalue weighted by atomic mass is 10.0. The molecular weight excluding hydrogens is 238 g/mol. The zero-order valence-corrected chi connectivity index (χ0v) is 10.9. The van der Waals surface area contributed by atoms with Gasteiger partial charge in [-0.2, -0.15) is 5.10 Å². The molecule has 1 aromatic carbocycles. The van der Waals surface area contributed by atoms with Crippen LogP contribution in [0.1, 0.15) is 18.9 Å². The van der Waals surface area contributed by atoms with Crippen LogP contribution in [0.4, 0.5) is 11.4 Å². The SMILES string of the molecule is NNc1ccc(N2CCC(n3cccn3)CC2)cc1. The lowest BCUT2D eigenvalue weighted by Gasteiger charge is -2.33. The van der Waals surface area contributed by atoms with E-state index < -0.39 is 0 Å². The number of nitrogens with two attached hydrogens (primary N) is 1. The largest absolute Gasteiger partial charge is 0.371 e. The Bertz CT molecular complexity index is 497. The van der Waals surface area contributed by atoms with Crippen molar-refractivity contribution in [3.05, 3.63) is 42.7 Å². The summed E-state index contributed by atoms with van der Waals surface area (Å²) in [5.41, 5.74) is 4.85. The number of nitrogens with one attached hydrogen (secondary N) is 1. The van der Waals surface area contributed by atoms with Gasteiger partial charge in [-0.15, -0.1) is 0 Å². The van der Waals surface area contributed by atoms with Crippen molar-refractivity contribution in [1.82, 2.24) is 9.78 Å². The molecule has 3 N–H and O–H groups in total. The molecule has 1 saturated heterocycles. The molecule has 0 amide bonds. The Morgan fingerprint density at radius 2 is 1.89 bits per heavy atom. The fourth-order valence-electron chi connectivity index (χ4n) is 2.65. The summed E-state index contributed by atoms with van der Waals surface area (Å²) in [5, 5.41) is 4.34. The number of nitrogens with zero attached hydrogens (tertiary/aromatic N) is 3. The molecule has 5 nitrogen and oxygen atoms in total. The van der Waals surface area contributed by atoms with E-state index in [1.165, 1.54) is 5.69 Å². The Hall–Kier alpha value is -2.01. The van der Waals surface area contributed by atoms with Crippen LogP contribution in [0.25, 0.3) is 0 Å². The van der Waals surface area contributed by atoms with Crippen molar-refractivity contribution >= 4 is 11.4 Å². The van der Waals surface area contributed by atoms with E-state index in [-0.39, 0.29) is 0 Å². The summed E-state index contributed by atoms with van der Waals surface area (Å²) >= 11 is 0. The Morgan fingerprint density at radius 1 is 1.16 bits per heavy atom. The number of nitrogen functional groups attached to an aromatic ring is 1. The van der Waals surface area contributed by atoms with Crippen LogP contribution in [0.5, 0.6) is 0 Å². The van der Waals surface area contributed by atoms with Gasteiger partial charge in [-0.3, -0.25) is 10.5 Å². The monoisotopic (exact) mass is 257 g/mol. The second-order valence-corrected chi connectivity index (χ2v) is 4.90. The van der Waals surface area contributed by atoms with Crippen LogP contribution in [-0.4, -0.2) is 22.9 Å². The van der Waals surface area contributed by atoms with Gasteiger partial charge in [0.05, 0.1) is 6.04 Å². The molecule has 100 valence electrons. The van der Waals surface area contributed by atoms with Crippen molar-refractivity contribution in [2.24, 2.45) is 5.84 Å². The maximum atomic E-state index is 5.38. The maximum absolute atomic E-state index is 5.38. The second kappa shape index (κ2) is 5.32. The van der Waals surface area contributed by atoms with E-state index in [2.05, 4.69) is 38.4 Å². The normalized spacial score (nSPS) is 16.6. The standard InChI is InChI=1S/C14H19N5/c15-17-12-2-4-13(5-3-12)18-10-6-14(7-11-18)19-9-1-8-16-19/h1-5,8-9,14,17H,6-7,10-11,15H2. The average Bonchev–Trinajstić information content (AvgIpc) is 3.02. The lowest BCUT2D eigenvalue weighted by Crippen LogP contribution is -2.34. The first-order chi connectivity index (χ1) is 9.36. The minimum atomic E-state index is 0.538. The highest BCUT2D eigenvalue weighted by Crippen LogP contribution is 2.26. The fraction of sp³-hybridized carbons (Fsp3) is 0.357. The Labute approximate surface area is 113 Å². The van der Waals surface area contributed by atoms with E-state index in [4.69, 9.17) is 5.84 Å². The summed E-state index contributed by atoms with van der Waals surface area (Å²) in [6.07, 6.45) is 6.18. The van der Waals surface area contributed by atoms with E-state index in [1.807, 2.05) is 24.4 Å². The van der Waals surface area contributed by atoms with Crippen LogP contribution in [-0.2, 0) is 0 Å². The van der Waals surface area contributed by atoms with Crippen LogP contribution in [0.15, 0.2) is 42.7 Å². The number of piperidine rings is 1. The first-order valence-electron chi connectivity index (χ1n) is 6.67. The molecule has 2 heterocycles. The van der Waals surface area contributed by atoms with Gasteiger partial charge in [0.25, 0.3) is 0 Å². The van der Waals surface area contributed by atoms with Crippen LogP contribution in [0.2, 0.25) is 0 Å². The van der Waals surface area contributed by atoms with Crippen molar-refractivity contribution in [3.8, 4) is 0 Å². The summed E-state index contributed by atoms with van der Waals surface area (Å²) in [4.78, 5) is 2.42. The van der Waals surface area contributed by atoms with E-state index in [0.29, 0.717) is 6.04 Å². The van der Waals surface area contributed by atoms with Crippen LogP contribution in [0.3, 0.4) is 0 Å². The minimum absolute atomic E-state index is 0.538. The van der Waals surface area contributed by atoms with Gasteiger partial charge in [0.15, 0.2) is 0 Å². The maximum Gasteiger partial charge on any atom is 0.0552 e. The molecule has 0 saturated carbocycles.